The Labute approximate surface area is 157 Å². The summed E-state index contributed by atoms with van der Waals surface area (Å²) < 4.78 is 0. The summed E-state index contributed by atoms with van der Waals surface area (Å²) in [7, 11) is 0. The molecule has 2 rings (SSSR count). The number of aromatic carboxylic acids is 2. The molecule has 20 heavy (non-hydrogen) atoms. The van der Waals surface area contributed by atoms with Gasteiger partial charge in [-0.15, -0.1) is 11.5 Å². The van der Waals surface area contributed by atoms with Crippen LogP contribution in [0.1, 0.15) is 20.7 Å². The molecule has 2 aromatic rings. The molecule has 92 valence electrons. The first kappa shape index (κ1) is 19.2. The van der Waals surface area contributed by atoms with Gasteiger partial charge in [-0.25, -0.2) is 9.59 Å². The number of rotatable bonds is 2. The van der Waals surface area contributed by atoms with E-state index in [9.17, 15) is 19.8 Å². The topological polar surface area (TPSA) is 121 Å². The molecular formula is C12H6Na2O6. The van der Waals surface area contributed by atoms with E-state index in [2.05, 4.69) is 0 Å². The Balaban J connectivity index is 0.00000180. The first-order valence-electron chi connectivity index (χ1n) is 4.82. The Kier molecular flexibility index (Phi) is 7.03. The van der Waals surface area contributed by atoms with Crippen molar-refractivity contribution in [2.24, 2.45) is 0 Å². The van der Waals surface area contributed by atoms with Gasteiger partial charge in [0.2, 0.25) is 0 Å². The molecule has 0 bridgehead atoms. The Morgan fingerprint density at radius 1 is 0.850 bits per heavy atom. The number of carboxylic acids is 2. The van der Waals surface area contributed by atoms with Crippen LogP contribution in [-0.2, 0) is 0 Å². The van der Waals surface area contributed by atoms with E-state index in [1.165, 1.54) is 0 Å². The van der Waals surface area contributed by atoms with Crippen molar-refractivity contribution in [1.82, 2.24) is 0 Å². The maximum Gasteiger partial charge on any atom is 1.00 e. The molecule has 0 aliphatic heterocycles. The molecule has 0 unspecified atom stereocenters. The molecule has 2 aromatic carbocycles. The Hall–Kier alpha value is -0.760. The molecule has 0 saturated carbocycles. The van der Waals surface area contributed by atoms with Crippen molar-refractivity contribution >= 4 is 22.7 Å². The second-order valence-corrected chi connectivity index (χ2v) is 3.65. The van der Waals surface area contributed by atoms with E-state index in [4.69, 9.17) is 10.2 Å². The third-order valence-electron chi connectivity index (χ3n) is 2.49. The smallest absolute Gasteiger partial charge is 0.873 e. The molecule has 0 atom stereocenters. The molecule has 2 N–H and O–H groups in total. The van der Waals surface area contributed by atoms with E-state index in [0.717, 1.165) is 24.3 Å². The van der Waals surface area contributed by atoms with Gasteiger partial charge < -0.3 is 20.4 Å². The number of fused-ring (bicyclic) bond motifs is 1. The van der Waals surface area contributed by atoms with E-state index in [-0.39, 0.29) is 81.0 Å². The van der Waals surface area contributed by atoms with Gasteiger partial charge in [-0.1, -0.05) is 12.1 Å². The van der Waals surface area contributed by atoms with E-state index in [1.54, 1.807) is 0 Å². The number of carbonyl (C=O) groups is 2. The van der Waals surface area contributed by atoms with Gasteiger partial charge in [0, 0.05) is 0 Å². The molecule has 0 aliphatic rings. The first-order chi connectivity index (χ1) is 8.40. The summed E-state index contributed by atoms with van der Waals surface area (Å²) in [5, 5.41) is 40.4. The summed E-state index contributed by atoms with van der Waals surface area (Å²) in [4.78, 5) is 21.9. The Morgan fingerprint density at radius 3 is 1.90 bits per heavy atom. The average molecular weight is 292 g/mol. The van der Waals surface area contributed by atoms with Crippen LogP contribution in [0.15, 0.2) is 24.3 Å². The van der Waals surface area contributed by atoms with Gasteiger partial charge in [-0.05, 0) is 22.9 Å². The van der Waals surface area contributed by atoms with Crippen molar-refractivity contribution in [3.63, 3.8) is 0 Å². The molecule has 0 heterocycles. The van der Waals surface area contributed by atoms with Crippen molar-refractivity contribution in [3.05, 3.63) is 35.4 Å². The maximum absolute atomic E-state index is 11.2. The molecule has 0 spiro atoms. The predicted molar refractivity (Wildman–Crippen MR) is 56.8 cm³/mol. The molecule has 8 heteroatoms. The van der Waals surface area contributed by atoms with Crippen molar-refractivity contribution in [1.29, 1.82) is 0 Å². The quantitative estimate of drug-likeness (QED) is 0.532. The number of hydrogen-bond donors (Lipinski definition) is 2. The van der Waals surface area contributed by atoms with Crippen molar-refractivity contribution in [3.8, 4) is 11.5 Å². The number of carboxylic acid groups (broad SMARTS) is 2. The molecule has 0 fully saturated rings. The number of benzene rings is 2. The number of hydrogen-bond acceptors (Lipinski definition) is 4. The summed E-state index contributed by atoms with van der Waals surface area (Å²) in [6.45, 7) is 0. The molecule has 0 radical (unpaired) electrons. The second kappa shape index (κ2) is 7.31. The predicted octanol–water partition coefficient (Wildman–Crippen LogP) is -5.61. The fraction of sp³-hybridized carbons (Fsp3) is 0. The van der Waals surface area contributed by atoms with E-state index in [1.807, 2.05) is 0 Å². The van der Waals surface area contributed by atoms with Crippen molar-refractivity contribution in [2.45, 2.75) is 0 Å². The first-order valence-corrected chi connectivity index (χ1v) is 4.82. The molecule has 0 amide bonds. The third kappa shape index (κ3) is 3.66. The van der Waals surface area contributed by atoms with Gasteiger partial charge in [-0.3, -0.25) is 0 Å². The average Bonchev–Trinajstić information content (AvgIpc) is 2.29. The van der Waals surface area contributed by atoms with E-state index in [0.29, 0.717) is 0 Å². The van der Waals surface area contributed by atoms with Crippen LogP contribution in [-0.4, -0.2) is 22.2 Å². The fourth-order valence-electron chi connectivity index (χ4n) is 1.67. The molecule has 0 aromatic heterocycles. The molecule has 0 aliphatic carbocycles. The molecular weight excluding hydrogens is 286 g/mol. The van der Waals surface area contributed by atoms with Crippen LogP contribution in [0.4, 0.5) is 0 Å². The Bertz CT molecular complexity index is 683. The zero-order chi connectivity index (χ0) is 13.4. The van der Waals surface area contributed by atoms with Gasteiger partial charge >= 0.3 is 71.1 Å². The third-order valence-corrected chi connectivity index (χ3v) is 2.49. The minimum absolute atomic E-state index is 0. The van der Waals surface area contributed by atoms with Crippen LogP contribution in [0, 0.1) is 0 Å². The maximum atomic E-state index is 11.2. The summed E-state index contributed by atoms with van der Waals surface area (Å²) in [6, 6.07) is 3.96. The van der Waals surface area contributed by atoms with Gasteiger partial charge in [-0.2, -0.15) is 0 Å². The Morgan fingerprint density at radius 2 is 1.40 bits per heavy atom. The molecule has 0 saturated heterocycles. The van der Waals surface area contributed by atoms with Gasteiger partial charge in [0.1, 0.15) is 0 Å². The SMILES string of the molecule is O=C(O)c1cc(C(=O)O)c2cc([O-])c([O-])cc2c1.[Na+].[Na+]. The monoisotopic (exact) mass is 292 g/mol. The van der Waals surface area contributed by atoms with E-state index >= 15 is 0 Å². The minimum atomic E-state index is -1.36. The summed E-state index contributed by atoms with van der Waals surface area (Å²) >= 11 is 0. The second-order valence-electron chi connectivity index (χ2n) is 3.65. The summed E-state index contributed by atoms with van der Waals surface area (Å²) in [6.07, 6.45) is 0. The van der Waals surface area contributed by atoms with Crippen LogP contribution in [0.25, 0.3) is 10.8 Å². The van der Waals surface area contributed by atoms with E-state index < -0.39 is 23.4 Å². The van der Waals surface area contributed by atoms with Gasteiger partial charge in [0.05, 0.1) is 11.1 Å². The van der Waals surface area contributed by atoms with Crippen LogP contribution in [0.5, 0.6) is 11.5 Å². The van der Waals surface area contributed by atoms with Crippen LogP contribution in [0.2, 0.25) is 0 Å². The fourth-order valence-corrected chi connectivity index (χ4v) is 1.67. The zero-order valence-electron chi connectivity index (χ0n) is 10.8. The largest absolute Gasteiger partial charge is 1.00 e. The standard InChI is InChI=1S/C12H8O6.2Na/c13-9-3-5-1-6(11(15)16)2-8(12(17)18)7(5)4-10(9)14;;/h1-4,13-14H,(H,15,16)(H,17,18);;/q;2*+1/p-2. The van der Waals surface area contributed by atoms with Crippen molar-refractivity contribution in [2.75, 3.05) is 0 Å². The minimum Gasteiger partial charge on any atom is -0.873 e. The van der Waals surface area contributed by atoms with Crippen LogP contribution >= 0.6 is 0 Å². The van der Waals surface area contributed by atoms with Gasteiger partial charge in [0.25, 0.3) is 0 Å². The van der Waals surface area contributed by atoms with Gasteiger partial charge in [0.15, 0.2) is 0 Å². The summed E-state index contributed by atoms with van der Waals surface area (Å²) in [5.41, 5.74) is -0.569. The molecule has 6 nitrogen and oxygen atoms in total. The van der Waals surface area contributed by atoms with Crippen molar-refractivity contribution < 1.29 is 89.1 Å². The van der Waals surface area contributed by atoms with Crippen LogP contribution in [0.3, 0.4) is 0 Å². The normalized spacial score (nSPS) is 9.40. The zero-order valence-corrected chi connectivity index (χ0v) is 14.8. The summed E-state index contributed by atoms with van der Waals surface area (Å²) in [5.74, 6) is -4.30. The van der Waals surface area contributed by atoms with Crippen LogP contribution < -0.4 is 69.3 Å².